The van der Waals surface area contributed by atoms with E-state index < -0.39 is 39.9 Å². The first-order valence-corrected chi connectivity index (χ1v) is 13.6. The average Bonchev–Trinajstić information content (AvgIpc) is 3.29. The number of carbonyl (C=O) groups is 1. The first-order chi connectivity index (χ1) is 17.8. The summed E-state index contributed by atoms with van der Waals surface area (Å²) in [6.45, 7) is 1.73. The van der Waals surface area contributed by atoms with E-state index in [2.05, 4.69) is 10.4 Å². The van der Waals surface area contributed by atoms with Gasteiger partial charge in [-0.15, -0.1) is 0 Å². The molecule has 38 heavy (non-hydrogen) atoms. The number of methoxy groups -OCH3 is 1. The Hall–Kier alpha value is -3.61. The van der Waals surface area contributed by atoms with Gasteiger partial charge in [-0.25, -0.2) is 22.3 Å². The van der Waals surface area contributed by atoms with Crippen LogP contribution in [0.5, 0.6) is 5.75 Å². The fraction of sp³-hybridized carbons (Fsp3) is 0.360. The van der Waals surface area contributed by atoms with Crippen LogP contribution in [0.1, 0.15) is 37.1 Å². The Morgan fingerprint density at radius 3 is 2.47 bits per heavy atom. The molecule has 2 atom stereocenters. The number of alkyl halides is 3. The number of urea groups is 1. The topological polar surface area (TPSA) is 93.5 Å². The van der Waals surface area contributed by atoms with Gasteiger partial charge in [0.1, 0.15) is 22.5 Å². The summed E-state index contributed by atoms with van der Waals surface area (Å²) in [5, 5.41) is 6.85. The molecule has 2 unspecified atom stereocenters. The first-order valence-electron chi connectivity index (χ1n) is 11.7. The monoisotopic (exact) mass is 554 g/mol. The van der Waals surface area contributed by atoms with Gasteiger partial charge in [-0.05, 0) is 61.2 Å². The number of hydrogen-bond acceptors (Lipinski definition) is 5. The van der Waals surface area contributed by atoms with E-state index in [4.69, 9.17) is 4.74 Å². The van der Waals surface area contributed by atoms with Crippen molar-refractivity contribution < 1.29 is 35.5 Å². The molecule has 1 aliphatic heterocycles. The number of fused-ring (bicyclic) bond motifs is 1. The molecule has 0 spiro atoms. The maximum absolute atomic E-state index is 14.1. The molecule has 0 saturated heterocycles. The standard InChI is InChI=1S/C25H26F4N4O4S/c1-4-18(15-5-11-22(38(3,35)36)21(13-15)37-2)31-24(34)32-20-14-30-33(17-8-6-16(26)7-9-17)19(20)10-12-23(32)25(27,28)29/h5-9,11,13-14,18,23H,4,10,12H2,1-3H3,(H,31,34). The van der Waals surface area contributed by atoms with Crippen molar-refractivity contribution in [3.05, 3.63) is 65.7 Å². The Kier molecular flexibility index (Phi) is 7.42. The molecule has 0 radical (unpaired) electrons. The van der Waals surface area contributed by atoms with Crippen LogP contribution < -0.4 is 15.0 Å². The third-order valence-electron chi connectivity index (χ3n) is 6.44. The van der Waals surface area contributed by atoms with Gasteiger partial charge >= 0.3 is 12.2 Å². The average molecular weight is 555 g/mol. The van der Waals surface area contributed by atoms with Crippen molar-refractivity contribution in [2.24, 2.45) is 0 Å². The number of nitrogens with one attached hydrogen (secondary N) is 1. The maximum atomic E-state index is 14.1. The molecule has 204 valence electrons. The fourth-order valence-electron chi connectivity index (χ4n) is 4.58. The van der Waals surface area contributed by atoms with Crippen molar-refractivity contribution in [1.82, 2.24) is 15.1 Å². The van der Waals surface area contributed by atoms with Crippen LogP contribution in [0.25, 0.3) is 5.69 Å². The second-order valence-corrected chi connectivity index (χ2v) is 10.9. The normalized spacial score (nSPS) is 16.6. The Morgan fingerprint density at radius 2 is 1.89 bits per heavy atom. The number of ether oxygens (including phenoxy) is 1. The molecule has 1 aromatic heterocycles. The highest BCUT2D eigenvalue weighted by molar-refractivity contribution is 7.90. The van der Waals surface area contributed by atoms with Crippen molar-refractivity contribution >= 4 is 21.6 Å². The van der Waals surface area contributed by atoms with Crippen LogP contribution in [0.4, 0.5) is 28.0 Å². The Bertz CT molecular complexity index is 1440. The summed E-state index contributed by atoms with van der Waals surface area (Å²) in [6.07, 6.45) is -2.55. The molecule has 0 fully saturated rings. The van der Waals surface area contributed by atoms with E-state index in [1.165, 1.54) is 60.5 Å². The molecular weight excluding hydrogens is 528 g/mol. The number of benzene rings is 2. The molecule has 2 heterocycles. The minimum Gasteiger partial charge on any atom is -0.495 e. The number of sulfone groups is 1. The predicted octanol–water partition coefficient (Wildman–Crippen LogP) is 4.97. The van der Waals surface area contributed by atoms with Crippen LogP contribution >= 0.6 is 0 Å². The zero-order valence-corrected chi connectivity index (χ0v) is 21.6. The lowest BCUT2D eigenvalue weighted by molar-refractivity contribution is -0.149. The molecule has 0 saturated carbocycles. The van der Waals surface area contributed by atoms with Crippen LogP contribution in [0.15, 0.2) is 53.6 Å². The van der Waals surface area contributed by atoms with Crippen LogP contribution in [0, 0.1) is 5.82 Å². The third-order valence-corrected chi connectivity index (χ3v) is 7.57. The maximum Gasteiger partial charge on any atom is 0.409 e. The largest absolute Gasteiger partial charge is 0.495 e. The minimum absolute atomic E-state index is 0.000239. The highest BCUT2D eigenvalue weighted by atomic mass is 32.2. The van der Waals surface area contributed by atoms with E-state index in [0.29, 0.717) is 28.3 Å². The van der Waals surface area contributed by atoms with Crippen molar-refractivity contribution in [1.29, 1.82) is 0 Å². The van der Waals surface area contributed by atoms with Gasteiger partial charge in [0.05, 0.1) is 36.4 Å². The van der Waals surface area contributed by atoms with Crippen molar-refractivity contribution in [2.75, 3.05) is 18.3 Å². The Balaban J connectivity index is 1.70. The van der Waals surface area contributed by atoms with E-state index in [1.54, 1.807) is 6.92 Å². The van der Waals surface area contributed by atoms with Gasteiger partial charge in [-0.2, -0.15) is 18.3 Å². The van der Waals surface area contributed by atoms with Crippen LogP contribution in [-0.4, -0.2) is 49.8 Å². The van der Waals surface area contributed by atoms with Crippen LogP contribution in [-0.2, 0) is 16.3 Å². The minimum atomic E-state index is -4.70. The summed E-state index contributed by atoms with van der Waals surface area (Å²) in [5.41, 5.74) is 1.30. The van der Waals surface area contributed by atoms with Gasteiger partial charge in [0.25, 0.3) is 0 Å². The molecule has 2 amide bonds. The summed E-state index contributed by atoms with van der Waals surface area (Å²) in [7, 11) is -2.29. The summed E-state index contributed by atoms with van der Waals surface area (Å²) >= 11 is 0. The molecule has 13 heteroatoms. The number of nitrogens with zero attached hydrogens (tertiary/aromatic N) is 3. The van der Waals surface area contributed by atoms with Gasteiger partial charge in [0, 0.05) is 6.26 Å². The SMILES string of the molecule is CCC(NC(=O)N1c2cnn(-c3ccc(F)cc3)c2CCC1C(F)(F)F)c1ccc(S(C)(=O)=O)c(OC)c1. The summed E-state index contributed by atoms with van der Waals surface area (Å²) in [5.74, 6) is -0.411. The first kappa shape index (κ1) is 27.4. The lowest BCUT2D eigenvalue weighted by atomic mass is 10.00. The van der Waals surface area contributed by atoms with E-state index in [9.17, 15) is 30.8 Å². The van der Waals surface area contributed by atoms with Crippen molar-refractivity contribution in [3.63, 3.8) is 0 Å². The molecule has 1 N–H and O–H groups in total. The molecule has 8 nitrogen and oxygen atoms in total. The highest BCUT2D eigenvalue weighted by Gasteiger charge is 2.49. The molecular formula is C25H26F4N4O4S. The molecule has 3 aromatic rings. The van der Waals surface area contributed by atoms with E-state index in [0.717, 1.165) is 6.26 Å². The highest BCUT2D eigenvalue weighted by Crippen LogP contribution is 2.39. The van der Waals surface area contributed by atoms with Gasteiger partial charge in [-0.3, -0.25) is 4.90 Å². The van der Waals surface area contributed by atoms with Gasteiger partial charge < -0.3 is 10.1 Å². The summed E-state index contributed by atoms with van der Waals surface area (Å²) in [6, 6.07) is 5.79. The van der Waals surface area contributed by atoms with Crippen molar-refractivity contribution in [3.8, 4) is 11.4 Å². The molecule has 0 aliphatic carbocycles. The number of halogens is 4. The van der Waals surface area contributed by atoms with E-state index in [-0.39, 0.29) is 29.2 Å². The van der Waals surface area contributed by atoms with Gasteiger partial charge in [-0.1, -0.05) is 13.0 Å². The summed E-state index contributed by atoms with van der Waals surface area (Å²) in [4.78, 5) is 14.1. The van der Waals surface area contributed by atoms with E-state index in [1.807, 2.05) is 0 Å². The zero-order chi connectivity index (χ0) is 27.8. The number of anilines is 1. The molecule has 0 bridgehead atoms. The quantitative estimate of drug-likeness (QED) is 0.435. The smallest absolute Gasteiger partial charge is 0.409 e. The Labute approximate surface area is 217 Å². The zero-order valence-electron chi connectivity index (χ0n) is 20.8. The Morgan fingerprint density at radius 1 is 1.21 bits per heavy atom. The van der Waals surface area contributed by atoms with Gasteiger partial charge in [0.15, 0.2) is 9.84 Å². The van der Waals surface area contributed by atoms with Gasteiger partial charge in [0.2, 0.25) is 0 Å². The lowest BCUT2D eigenvalue weighted by Crippen LogP contribution is -2.55. The number of carbonyl (C=O) groups excluding carboxylic acids is 1. The fourth-order valence-corrected chi connectivity index (χ4v) is 5.41. The van der Waals surface area contributed by atoms with Crippen LogP contribution in [0.2, 0.25) is 0 Å². The molecule has 4 rings (SSSR count). The number of rotatable bonds is 6. The lowest BCUT2D eigenvalue weighted by Gasteiger charge is -2.37. The number of hydrogen-bond donors (Lipinski definition) is 1. The van der Waals surface area contributed by atoms with Crippen molar-refractivity contribution in [2.45, 2.75) is 49.3 Å². The second-order valence-electron chi connectivity index (χ2n) is 8.92. The number of aromatic nitrogens is 2. The predicted molar refractivity (Wildman–Crippen MR) is 132 cm³/mol. The van der Waals surface area contributed by atoms with E-state index >= 15 is 0 Å². The third kappa shape index (κ3) is 5.33. The van der Waals surface area contributed by atoms with Crippen LogP contribution in [0.3, 0.4) is 0 Å². The summed E-state index contributed by atoms with van der Waals surface area (Å²) < 4.78 is 86.2. The molecule has 1 aliphatic rings. The molecule has 2 aromatic carbocycles. The second kappa shape index (κ2) is 10.3. The number of amides is 2.